The van der Waals surface area contributed by atoms with E-state index in [4.69, 9.17) is 10.7 Å². The molecule has 0 bridgehead atoms. The predicted molar refractivity (Wildman–Crippen MR) is 129 cm³/mol. The molecule has 3 rings (SSSR count). The van der Waals surface area contributed by atoms with Crippen LogP contribution in [0.1, 0.15) is 43.7 Å². The lowest BCUT2D eigenvalue weighted by atomic mass is 9.97. The summed E-state index contributed by atoms with van der Waals surface area (Å²) in [5.41, 5.74) is 7.96. The third kappa shape index (κ3) is 7.62. The average Bonchev–Trinajstić information content (AvgIpc) is 3.20. The third-order valence-electron chi connectivity index (χ3n) is 5.42. The number of primary amides is 1. The van der Waals surface area contributed by atoms with Gasteiger partial charge in [0.2, 0.25) is 5.91 Å². The van der Waals surface area contributed by atoms with Crippen molar-refractivity contribution < 1.29 is 4.79 Å². The van der Waals surface area contributed by atoms with Crippen molar-refractivity contribution >= 4 is 35.8 Å². The van der Waals surface area contributed by atoms with E-state index in [0.717, 1.165) is 57.8 Å². The van der Waals surface area contributed by atoms with Gasteiger partial charge in [0.1, 0.15) is 0 Å². The lowest BCUT2D eigenvalue weighted by Gasteiger charge is -2.31. The fourth-order valence-electron chi connectivity index (χ4n) is 3.93. The van der Waals surface area contributed by atoms with Gasteiger partial charge in [-0.25, -0.2) is 4.99 Å². The van der Waals surface area contributed by atoms with Crippen LogP contribution in [0.3, 0.4) is 0 Å². The van der Waals surface area contributed by atoms with Crippen molar-refractivity contribution in [3.8, 4) is 0 Å². The second-order valence-electron chi connectivity index (χ2n) is 7.78. The van der Waals surface area contributed by atoms with Crippen molar-refractivity contribution in [2.24, 2.45) is 16.6 Å². The van der Waals surface area contributed by atoms with Crippen LogP contribution in [0.15, 0.2) is 41.4 Å². The molecular formula is C22H34IN5O. The monoisotopic (exact) mass is 511 g/mol. The number of likely N-dealkylation sites (tertiary alicyclic amines) is 1. The Kier molecular flexibility index (Phi) is 9.93. The lowest BCUT2D eigenvalue weighted by molar-refractivity contribution is -0.123. The highest BCUT2D eigenvalue weighted by atomic mass is 127. The Bertz CT molecular complexity index is 713. The first-order valence-corrected chi connectivity index (χ1v) is 10.4. The van der Waals surface area contributed by atoms with E-state index in [2.05, 4.69) is 58.9 Å². The van der Waals surface area contributed by atoms with Crippen molar-refractivity contribution in [2.45, 2.75) is 51.7 Å². The molecule has 6 nitrogen and oxygen atoms in total. The van der Waals surface area contributed by atoms with Crippen molar-refractivity contribution in [1.29, 1.82) is 0 Å². The minimum atomic E-state index is -0.172. The van der Waals surface area contributed by atoms with Gasteiger partial charge in [0.15, 0.2) is 5.96 Å². The van der Waals surface area contributed by atoms with E-state index >= 15 is 0 Å². The van der Waals surface area contributed by atoms with Crippen LogP contribution in [0.5, 0.6) is 0 Å². The number of amides is 1. The number of benzene rings is 1. The molecule has 1 fully saturated rings. The number of halogens is 1. The van der Waals surface area contributed by atoms with Crippen LogP contribution in [0.2, 0.25) is 0 Å². The summed E-state index contributed by atoms with van der Waals surface area (Å²) in [5.74, 6) is 0.691. The number of nitrogens with one attached hydrogen (secondary N) is 2. The smallest absolute Gasteiger partial charge is 0.221 e. The number of guanidine groups is 1. The fourth-order valence-corrected chi connectivity index (χ4v) is 3.93. The number of rotatable bonds is 7. The summed E-state index contributed by atoms with van der Waals surface area (Å²) in [4.78, 5) is 18.6. The maximum absolute atomic E-state index is 11.5. The second kappa shape index (κ2) is 12.2. The molecule has 1 aliphatic heterocycles. The maximum atomic E-state index is 11.5. The van der Waals surface area contributed by atoms with Gasteiger partial charge in [0.25, 0.3) is 0 Å². The SMILES string of the molecule is CCNC(=NCc1cccc(CN2CCCC(C(N)=O)C2)c1)NC1CC=CC1.I. The van der Waals surface area contributed by atoms with Gasteiger partial charge in [0.05, 0.1) is 12.5 Å². The average molecular weight is 511 g/mol. The van der Waals surface area contributed by atoms with Gasteiger partial charge in [0, 0.05) is 25.7 Å². The molecule has 0 radical (unpaired) electrons. The molecule has 1 amide bonds. The van der Waals surface area contributed by atoms with E-state index in [1.165, 1.54) is 11.1 Å². The van der Waals surface area contributed by atoms with Crippen molar-refractivity contribution in [3.63, 3.8) is 0 Å². The lowest BCUT2D eigenvalue weighted by Crippen LogP contribution is -2.42. The zero-order valence-electron chi connectivity index (χ0n) is 17.3. The van der Waals surface area contributed by atoms with Gasteiger partial charge in [-0.1, -0.05) is 36.4 Å². The molecule has 1 unspecified atom stereocenters. The molecule has 1 heterocycles. The predicted octanol–water partition coefficient (Wildman–Crippen LogP) is 2.78. The second-order valence-corrected chi connectivity index (χ2v) is 7.78. The molecule has 7 heteroatoms. The zero-order valence-corrected chi connectivity index (χ0v) is 19.6. The molecule has 0 saturated carbocycles. The molecule has 0 spiro atoms. The normalized spacial score (nSPS) is 20.3. The Hall–Kier alpha value is -1.61. The molecule has 1 atom stereocenters. The molecule has 0 aromatic heterocycles. The first-order chi connectivity index (χ1) is 13.6. The zero-order chi connectivity index (χ0) is 19.8. The van der Waals surface area contributed by atoms with Crippen molar-refractivity contribution in [1.82, 2.24) is 15.5 Å². The molecule has 2 aliphatic rings. The third-order valence-corrected chi connectivity index (χ3v) is 5.42. The Morgan fingerprint density at radius 3 is 2.76 bits per heavy atom. The highest BCUT2D eigenvalue weighted by molar-refractivity contribution is 14.0. The summed E-state index contributed by atoms with van der Waals surface area (Å²) in [6.07, 6.45) is 8.49. The quantitative estimate of drug-likeness (QED) is 0.228. The molecule has 29 heavy (non-hydrogen) atoms. The van der Waals surface area contributed by atoms with Crippen LogP contribution in [0, 0.1) is 5.92 Å². The molecule has 1 saturated heterocycles. The van der Waals surface area contributed by atoms with E-state index in [-0.39, 0.29) is 35.8 Å². The largest absolute Gasteiger partial charge is 0.369 e. The Morgan fingerprint density at radius 2 is 2.03 bits per heavy atom. The van der Waals surface area contributed by atoms with Crippen LogP contribution in [-0.2, 0) is 17.9 Å². The molecule has 4 N–H and O–H groups in total. The number of hydrogen-bond donors (Lipinski definition) is 3. The first kappa shape index (κ1) is 23.7. The molecular weight excluding hydrogens is 477 g/mol. The summed E-state index contributed by atoms with van der Waals surface area (Å²) in [6.45, 7) is 6.23. The molecule has 1 aromatic rings. The van der Waals surface area contributed by atoms with Gasteiger partial charge < -0.3 is 16.4 Å². The van der Waals surface area contributed by atoms with Crippen molar-refractivity contribution in [2.75, 3.05) is 19.6 Å². The summed E-state index contributed by atoms with van der Waals surface area (Å²) in [6, 6.07) is 9.03. The van der Waals surface area contributed by atoms with Crippen LogP contribution in [0.4, 0.5) is 0 Å². The number of carbonyl (C=O) groups excluding carboxylic acids is 1. The van der Waals surface area contributed by atoms with Gasteiger partial charge >= 0.3 is 0 Å². The number of piperidine rings is 1. The summed E-state index contributed by atoms with van der Waals surface area (Å²) < 4.78 is 0. The highest BCUT2D eigenvalue weighted by Gasteiger charge is 2.23. The van der Waals surface area contributed by atoms with Crippen molar-refractivity contribution in [3.05, 3.63) is 47.5 Å². The van der Waals surface area contributed by atoms with Gasteiger partial charge in [-0.05, 0) is 50.3 Å². The van der Waals surface area contributed by atoms with E-state index in [1.54, 1.807) is 0 Å². The molecule has 160 valence electrons. The van der Waals surface area contributed by atoms with Gasteiger partial charge in [-0.2, -0.15) is 0 Å². The Morgan fingerprint density at radius 1 is 1.28 bits per heavy atom. The van der Waals surface area contributed by atoms with Gasteiger partial charge in [-0.3, -0.25) is 9.69 Å². The Labute approximate surface area is 191 Å². The van der Waals surface area contributed by atoms with E-state index < -0.39 is 0 Å². The van der Waals surface area contributed by atoms with Crippen LogP contribution in [-0.4, -0.2) is 42.4 Å². The number of hydrogen-bond acceptors (Lipinski definition) is 3. The first-order valence-electron chi connectivity index (χ1n) is 10.4. The minimum absolute atomic E-state index is 0. The summed E-state index contributed by atoms with van der Waals surface area (Å²) in [5, 5.41) is 6.84. The summed E-state index contributed by atoms with van der Waals surface area (Å²) >= 11 is 0. The fraction of sp³-hybridized carbons (Fsp3) is 0.545. The number of nitrogens with zero attached hydrogens (tertiary/aromatic N) is 2. The number of nitrogens with two attached hydrogens (primary N) is 1. The summed E-state index contributed by atoms with van der Waals surface area (Å²) in [7, 11) is 0. The van der Waals surface area contributed by atoms with E-state index in [9.17, 15) is 4.79 Å². The van der Waals surface area contributed by atoms with Gasteiger partial charge in [-0.15, -0.1) is 24.0 Å². The van der Waals surface area contributed by atoms with E-state index in [0.29, 0.717) is 12.6 Å². The number of aliphatic imine (C=N–C) groups is 1. The molecule has 1 aromatic carbocycles. The topological polar surface area (TPSA) is 82.8 Å². The maximum Gasteiger partial charge on any atom is 0.221 e. The minimum Gasteiger partial charge on any atom is -0.369 e. The van der Waals surface area contributed by atoms with Crippen LogP contribution < -0.4 is 16.4 Å². The molecule has 1 aliphatic carbocycles. The van der Waals surface area contributed by atoms with Crippen LogP contribution >= 0.6 is 24.0 Å². The van der Waals surface area contributed by atoms with Crippen LogP contribution in [0.25, 0.3) is 0 Å². The van der Waals surface area contributed by atoms with E-state index in [1.807, 2.05) is 0 Å². The standard InChI is InChI=1S/C22H33N5O.HI/c1-2-24-22(26-20-10-3-4-11-20)25-14-17-7-5-8-18(13-17)15-27-12-6-9-19(16-27)21(23)28;/h3-5,7-8,13,19-20H,2,6,9-12,14-16H2,1H3,(H2,23,28)(H2,24,25,26);1H. The highest BCUT2D eigenvalue weighted by Crippen LogP contribution is 2.19. The number of carbonyl (C=O) groups is 1. The Balaban J connectivity index is 0.00000300.